The summed E-state index contributed by atoms with van der Waals surface area (Å²) in [7, 11) is 0. The van der Waals surface area contributed by atoms with Gasteiger partial charge in [0.2, 0.25) is 0 Å². The number of fused-ring (bicyclic) bond motifs is 3. The average molecular weight is 482 g/mol. The first-order valence-corrected chi connectivity index (χ1v) is 12.4. The molecule has 1 fully saturated rings. The van der Waals surface area contributed by atoms with Crippen LogP contribution in [0.5, 0.6) is 0 Å². The van der Waals surface area contributed by atoms with E-state index in [1.807, 2.05) is 36.4 Å². The molecule has 0 radical (unpaired) electrons. The minimum atomic E-state index is -0.453. The Balaban J connectivity index is 1.21. The lowest BCUT2D eigenvalue weighted by atomic mass is 10.1. The van der Waals surface area contributed by atoms with Crippen LogP contribution in [-0.2, 0) is 13.0 Å². The Morgan fingerprint density at radius 2 is 1.30 bits per heavy atom. The normalized spacial score (nSPS) is 16.6. The lowest BCUT2D eigenvalue weighted by Crippen LogP contribution is -2.49. The lowest BCUT2D eigenvalue weighted by Gasteiger charge is -2.35. The smallest absolute Gasteiger partial charge is 0.0845 e. The number of aliphatic hydroxyl groups excluding tert-OH is 1. The molecule has 4 nitrogen and oxygen atoms in total. The SMILES string of the molecule is O[C@H](CN1CCN(CCc2ccccc2)CC1)Cn1c2ccc(Cl)cc2c2cc(Cl)ccc21. The van der Waals surface area contributed by atoms with Crippen molar-refractivity contribution >= 4 is 45.0 Å². The molecule has 1 saturated heterocycles. The molecule has 1 aliphatic heterocycles. The van der Waals surface area contributed by atoms with Gasteiger partial charge in [-0.15, -0.1) is 0 Å². The Hall–Kier alpha value is -2.08. The van der Waals surface area contributed by atoms with Crippen LogP contribution in [0, 0.1) is 0 Å². The Labute approximate surface area is 204 Å². The van der Waals surface area contributed by atoms with E-state index in [1.165, 1.54) is 5.56 Å². The van der Waals surface area contributed by atoms with Gasteiger partial charge in [0.15, 0.2) is 0 Å². The highest BCUT2D eigenvalue weighted by atomic mass is 35.5. The van der Waals surface area contributed by atoms with Crippen LogP contribution in [-0.4, -0.2) is 64.8 Å². The molecule has 1 aromatic heterocycles. The fourth-order valence-corrected chi connectivity index (χ4v) is 5.28. The van der Waals surface area contributed by atoms with Gasteiger partial charge in [0.25, 0.3) is 0 Å². The van der Waals surface area contributed by atoms with E-state index in [1.54, 1.807) is 0 Å². The first kappa shape index (κ1) is 22.7. The van der Waals surface area contributed by atoms with Gasteiger partial charge in [0, 0.05) is 71.1 Å². The highest BCUT2D eigenvalue weighted by molar-refractivity contribution is 6.33. The van der Waals surface area contributed by atoms with Gasteiger partial charge in [-0.2, -0.15) is 0 Å². The first-order valence-electron chi connectivity index (χ1n) is 11.6. The maximum Gasteiger partial charge on any atom is 0.0845 e. The van der Waals surface area contributed by atoms with E-state index in [0.29, 0.717) is 23.1 Å². The summed E-state index contributed by atoms with van der Waals surface area (Å²) in [6.45, 7) is 6.38. The third-order valence-corrected chi connectivity index (χ3v) is 7.15. The fourth-order valence-electron chi connectivity index (χ4n) is 4.94. The molecule has 0 aliphatic carbocycles. The van der Waals surface area contributed by atoms with Crippen LogP contribution in [0.1, 0.15) is 5.56 Å². The van der Waals surface area contributed by atoms with Gasteiger partial charge in [-0.3, -0.25) is 4.90 Å². The minimum Gasteiger partial charge on any atom is -0.390 e. The van der Waals surface area contributed by atoms with Gasteiger partial charge in [0.1, 0.15) is 0 Å². The average Bonchev–Trinajstić information content (AvgIpc) is 3.11. The summed E-state index contributed by atoms with van der Waals surface area (Å²) >= 11 is 12.5. The zero-order valence-electron chi connectivity index (χ0n) is 18.6. The standard InChI is InChI=1S/C27H29Cl2N3O/c28-21-6-8-26-24(16-21)25-17-22(29)7-9-27(25)32(26)19-23(33)18-31-14-12-30(13-15-31)11-10-20-4-2-1-3-5-20/h1-9,16-17,23,33H,10-15,18-19H2/t23-/m1/s1. The van der Waals surface area contributed by atoms with Gasteiger partial charge in [-0.05, 0) is 48.4 Å². The molecule has 1 atom stereocenters. The summed E-state index contributed by atoms with van der Waals surface area (Å²) in [5.41, 5.74) is 3.53. The summed E-state index contributed by atoms with van der Waals surface area (Å²) in [6.07, 6.45) is 0.636. The Morgan fingerprint density at radius 1 is 0.727 bits per heavy atom. The van der Waals surface area contributed by atoms with Crippen molar-refractivity contribution in [2.45, 2.75) is 19.1 Å². The second kappa shape index (κ2) is 10.0. The molecule has 1 aliphatic rings. The molecule has 33 heavy (non-hydrogen) atoms. The van der Waals surface area contributed by atoms with Gasteiger partial charge < -0.3 is 14.6 Å². The second-order valence-electron chi connectivity index (χ2n) is 8.97. The topological polar surface area (TPSA) is 31.6 Å². The van der Waals surface area contributed by atoms with E-state index in [9.17, 15) is 5.11 Å². The zero-order valence-corrected chi connectivity index (χ0v) is 20.1. The van der Waals surface area contributed by atoms with Gasteiger partial charge in [0.05, 0.1) is 12.6 Å². The molecule has 1 N–H and O–H groups in total. The number of rotatable bonds is 7. The highest BCUT2D eigenvalue weighted by Crippen LogP contribution is 2.33. The number of benzene rings is 3. The number of piperazine rings is 1. The summed E-state index contributed by atoms with van der Waals surface area (Å²) in [4.78, 5) is 4.90. The molecule has 0 saturated carbocycles. The predicted molar refractivity (Wildman–Crippen MR) is 138 cm³/mol. The number of halogens is 2. The largest absolute Gasteiger partial charge is 0.390 e. The monoisotopic (exact) mass is 481 g/mol. The van der Waals surface area contributed by atoms with Crippen molar-refractivity contribution in [3.05, 3.63) is 82.3 Å². The summed E-state index contributed by atoms with van der Waals surface area (Å²) in [6, 6.07) is 22.5. The molecule has 5 rings (SSSR count). The molecule has 0 spiro atoms. The van der Waals surface area contributed by atoms with Crippen LogP contribution in [0.15, 0.2) is 66.7 Å². The highest BCUT2D eigenvalue weighted by Gasteiger charge is 2.21. The summed E-state index contributed by atoms with van der Waals surface area (Å²) in [5, 5.41) is 14.5. The van der Waals surface area contributed by atoms with Crippen molar-refractivity contribution < 1.29 is 5.11 Å². The number of β-amino-alcohol motifs (C(OH)–C–C–N with tert-alkyl or cyclic N) is 1. The summed E-state index contributed by atoms with van der Waals surface area (Å²) < 4.78 is 2.19. The van der Waals surface area contributed by atoms with E-state index >= 15 is 0 Å². The molecule has 3 aromatic carbocycles. The quantitative estimate of drug-likeness (QED) is 0.387. The van der Waals surface area contributed by atoms with Gasteiger partial charge in [-0.1, -0.05) is 53.5 Å². The van der Waals surface area contributed by atoms with Crippen LogP contribution in [0.2, 0.25) is 10.0 Å². The maximum absolute atomic E-state index is 11.0. The van der Waals surface area contributed by atoms with Crippen molar-refractivity contribution in [3.8, 4) is 0 Å². The maximum atomic E-state index is 11.0. The molecule has 172 valence electrons. The van der Waals surface area contributed by atoms with E-state index < -0.39 is 6.10 Å². The van der Waals surface area contributed by atoms with Crippen molar-refractivity contribution in [3.63, 3.8) is 0 Å². The number of aliphatic hydroxyl groups is 1. The molecule has 2 heterocycles. The van der Waals surface area contributed by atoms with Crippen molar-refractivity contribution in [1.82, 2.24) is 14.4 Å². The first-order chi connectivity index (χ1) is 16.1. The second-order valence-corrected chi connectivity index (χ2v) is 9.84. The third-order valence-electron chi connectivity index (χ3n) is 6.68. The van der Waals surface area contributed by atoms with Crippen molar-refractivity contribution in [1.29, 1.82) is 0 Å². The Morgan fingerprint density at radius 3 is 1.91 bits per heavy atom. The Bertz CT molecular complexity index is 1170. The Kier molecular flexibility index (Phi) is 6.91. The molecule has 0 bridgehead atoms. The number of hydrogen-bond acceptors (Lipinski definition) is 3. The van der Waals surface area contributed by atoms with Crippen LogP contribution in [0.25, 0.3) is 21.8 Å². The zero-order chi connectivity index (χ0) is 22.8. The van der Waals surface area contributed by atoms with Gasteiger partial charge in [-0.25, -0.2) is 0 Å². The van der Waals surface area contributed by atoms with E-state index in [-0.39, 0.29) is 0 Å². The van der Waals surface area contributed by atoms with Crippen molar-refractivity contribution in [2.24, 2.45) is 0 Å². The summed E-state index contributed by atoms with van der Waals surface area (Å²) in [5.74, 6) is 0. The van der Waals surface area contributed by atoms with E-state index in [2.05, 4.69) is 44.7 Å². The number of hydrogen-bond donors (Lipinski definition) is 1. The van der Waals surface area contributed by atoms with E-state index in [4.69, 9.17) is 23.2 Å². The molecule has 0 amide bonds. The van der Waals surface area contributed by atoms with Crippen molar-refractivity contribution in [2.75, 3.05) is 39.3 Å². The van der Waals surface area contributed by atoms with E-state index in [0.717, 1.165) is 61.0 Å². The minimum absolute atomic E-state index is 0.453. The van der Waals surface area contributed by atoms with Crippen LogP contribution in [0.4, 0.5) is 0 Å². The third kappa shape index (κ3) is 5.21. The van der Waals surface area contributed by atoms with Crippen LogP contribution >= 0.6 is 23.2 Å². The van der Waals surface area contributed by atoms with Crippen LogP contribution < -0.4 is 0 Å². The van der Waals surface area contributed by atoms with Gasteiger partial charge >= 0.3 is 0 Å². The fraction of sp³-hybridized carbons (Fsp3) is 0.333. The lowest BCUT2D eigenvalue weighted by molar-refractivity contribution is 0.0659. The van der Waals surface area contributed by atoms with Crippen LogP contribution in [0.3, 0.4) is 0 Å². The number of aromatic nitrogens is 1. The predicted octanol–water partition coefficient (Wildman–Crippen LogP) is 5.32. The molecular formula is C27H29Cl2N3O. The number of nitrogens with zero attached hydrogens (tertiary/aromatic N) is 3. The molecule has 4 aromatic rings. The molecule has 0 unspecified atom stereocenters. The molecular weight excluding hydrogens is 453 g/mol. The molecule has 6 heteroatoms.